The molecular weight excluding hydrogens is 288 g/mol. The number of ether oxygens (including phenoxy) is 1. The van der Waals surface area contributed by atoms with Crippen molar-refractivity contribution in [2.45, 2.75) is 50.5 Å². The number of hydrogen-bond acceptors (Lipinski definition) is 4. The maximum atomic E-state index is 11.8. The molecule has 0 heterocycles. The number of nitrogens with two attached hydrogens (primary N) is 1. The zero-order chi connectivity index (χ0) is 15.7. The maximum Gasteiger partial charge on any atom is 0.240 e. The highest BCUT2D eigenvalue weighted by Gasteiger charge is 2.28. The average Bonchev–Trinajstić information content (AvgIpc) is 2.43. The van der Waals surface area contributed by atoms with Gasteiger partial charge < -0.3 is 10.5 Å². The fourth-order valence-electron chi connectivity index (χ4n) is 2.57. The molecule has 1 aliphatic carbocycles. The van der Waals surface area contributed by atoms with E-state index in [-0.39, 0.29) is 11.0 Å². The summed E-state index contributed by atoms with van der Waals surface area (Å²) in [4.78, 5) is 0.172. The minimum Gasteiger partial charge on any atom is -0.488 e. The summed E-state index contributed by atoms with van der Waals surface area (Å²) in [5, 5.41) is 0. The third-order valence-corrected chi connectivity index (χ3v) is 5.56. The Morgan fingerprint density at radius 3 is 2.48 bits per heavy atom. The van der Waals surface area contributed by atoms with Gasteiger partial charge in [0, 0.05) is 6.07 Å². The lowest BCUT2D eigenvalue weighted by atomic mass is 9.76. The zero-order valence-corrected chi connectivity index (χ0v) is 13.7. The quantitative estimate of drug-likeness (QED) is 0.837. The van der Waals surface area contributed by atoms with Gasteiger partial charge >= 0.3 is 0 Å². The third kappa shape index (κ3) is 3.89. The highest BCUT2D eigenvalue weighted by Crippen LogP contribution is 2.37. The van der Waals surface area contributed by atoms with Crippen LogP contribution in [-0.4, -0.2) is 21.6 Å². The van der Waals surface area contributed by atoms with E-state index in [1.54, 1.807) is 6.07 Å². The predicted octanol–water partition coefficient (Wildman–Crippen LogP) is 2.52. The molecule has 0 aromatic heterocycles. The van der Waals surface area contributed by atoms with Crippen molar-refractivity contribution in [2.75, 3.05) is 12.8 Å². The van der Waals surface area contributed by atoms with Crippen LogP contribution < -0.4 is 15.2 Å². The minimum absolute atomic E-state index is 0.105. The monoisotopic (exact) mass is 312 g/mol. The predicted molar refractivity (Wildman–Crippen MR) is 83.8 cm³/mol. The number of anilines is 1. The number of benzene rings is 1. The molecule has 0 unspecified atom stereocenters. The largest absolute Gasteiger partial charge is 0.488 e. The summed E-state index contributed by atoms with van der Waals surface area (Å²) in [7, 11) is -2.10. The van der Waals surface area contributed by atoms with Crippen LogP contribution in [0, 0.1) is 5.41 Å². The van der Waals surface area contributed by atoms with Crippen molar-refractivity contribution in [3.05, 3.63) is 18.2 Å². The molecule has 118 valence electrons. The van der Waals surface area contributed by atoms with Crippen LogP contribution in [0.5, 0.6) is 5.75 Å². The van der Waals surface area contributed by atoms with Crippen molar-refractivity contribution in [3.63, 3.8) is 0 Å². The molecule has 3 N–H and O–H groups in total. The lowest BCUT2D eigenvalue weighted by Crippen LogP contribution is -2.28. The first-order valence-electron chi connectivity index (χ1n) is 7.23. The molecule has 1 aliphatic rings. The molecule has 0 radical (unpaired) electrons. The first-order chi connectivity index (χ1) is 9.73. The van der Waals surface area contributed by atoms with E-state index in [1.807, 2.05) is 0 Å². The van der Waals surface area contributed by atoms with E-state index in [4.69, 9.17) is 10.5 Å². The number of nitrogen functional groups attached to an aromatic ring is 1. The fraction of sp³-hybridized carbons (Fsp3) is 0.600. The van der Waals surface area contributed by atoms with Crippen LogP contribution in [0.1, 0.15) is 39.5 Å². The molecule has 0 atom stereocenters. The Labute approximate surface area is 126 Å². The Morgan fingerprint density at radius 2 is 1.90 bits per heavy atom. The molecule has 1 fully saturated rings. The van der Waals surface area contributed by atoms with Crippen molar-refractivity contribution in [3.8, 4) is 5.75 Å². The van der Waals surface area contributed by atoms with Gasteiger partial charge in [0.05, 0.1) is 16.7 Å². The smallest absolute Gasteiger partial charge is 0.240 e. The normalized spacial score (nSPS) is 19.4. The molecular formula is C15H24N2O3S. The number of hydrogen-bond donors (Lipinski definition) is 2. The average molecular weight is 312 g/mol. The third-order valence-electron chi connectivity index (χ3n) is 4.14. The van der Waals surface area contributed by atoms with Crippen LogP contribution in [-0.2, 0) is 10.0 Å². The van der Waals surface area contributed by atoms with Crippen LogP contribution in [0.25, 0.3) is 0 Å². The Morgan fingerprint density at radius 1 is 1.29 bits per heavy atom. The highest BCUT2D eigenvalue weighted by molar-refractivity contribution is 7.89. The van der Waals surface area contributed by atoms with Gasteiger partial charge in [-0.15, -0.1) is 0 Å². The number of nitrogens with one attached hydrogen (secondary N) is 1. The maximum absolute atomic E-state index is 11.8. The SMILES string of the molecule is CNS(=O)(=O)c1ccc(N)c(OC2CCC(C)(C)CC2)c1. The second kappa shape index (κ2) is 5.85. The Balaban J connectivity index is 2.15. The Kier molecular flexibility index (Phi) is 4.49. The van der Waals surface area contributed by atoms with Gasteiger partial charge in [-0.3, -0.25) is 0 Å². The van der Waals surface area contributed by atoms with Gasteiger partial charge in [-0.05, 0) is 50.3 Å². The van der Waals surface area contributed by atoms with E-state index in [9.17, 15) is 8.42 Å². The molecule has 0 spiro atoms. The van der Waals surface area contributed by atoms with Gasteiger partial charge in [0.1, 0.15) is 5.75 Å². The van der Waals surface area contributed by atoms with Crippen LogP contribution in [0.15, 0.2) is 23.1 Å². The van der Waals surface area contributed by atoms with E-state index in [0.29, 0.717) is 16.9 Å². The molecule has 1 saturated carbocycles. The molecule has 21 heavy (non-hydrogen) atoms. The molecule has 5 nitrogen and oxygen atoms in total. The van der Waals surface area contributed by atoms with Crippen LogP contribution >= 0.6 is 0 Å². The molecule has 1 aromatic carbocycles. The van der Waals surface area contributed by atoms with E-state index >= 15 is 0 Å². The number of sulfonamides is 1. The first-order valence-corrected chi connectivity index (χ1v) is 8.71. The van der Waals surface area contributed by atoms with Gasteiger partial charge in [-0.2, -0.15) is 0 Å². The standard InChI is InChI=1S/C15H24N2O3S/c1-15(2)8-6-11(7-9-15)20-14-10-12(4-5-13(14)16)21(18,19)17-3/h4-5,10-11,17H,6-9,16H2,1-3H3. The van der Waals surface area contributed by atoms with E-state index in [1.165, 1.54) is 19.2 Å². The fourth-order valence-corrected chi connectivity index (χ4v) is 3.32. The summed E-state index contributed by atoms with van der Waals surface area (Å²) in [5.74, 6) is 0.455. The molecule has 6 heteroatoms. The van der Waals surface area contributed by atoms with Crippen molar-refractivity contribution < 1.29 is 13.2 Å². The molecule has 1 aromatic rings. The summed E-state index contributed by atoms with van der Waals surface area (Å²) in [6, 6.07) is 4.56. The van der Waals surface area contributed by atoms with Gasteiger partial charge in [0.2, 0.25) is 10.0 Å². The Bertz CT molecular complexity index is 601. The summed E-state index contributed by atoms with van der Waals surface area (Å²) >= 11 is 0. The van der Waals surface area contributed by atoms with Crippen molar-refractivity contribution in [1.82, 2.24) is 4.72 Å². The topological polar surface area (TPSA) is 81.4 Å². The van der Waals surface area contributed by atoms with E-state index in [0.717, 1.165) is 25.7 Å². The van der Waals surface area contributed by atoms with Crippen molar-refractivity contribution >= 4 is 15.7 Å². The zero-order valence-electron chi connectivity index (χ0n) is 12.8. The second-order valence-corrected chi connectivity index (χ2v) is 8.28. The van der Waals surface area contributed by atoms with E-state index in [2.05, 4.69) is 18.6 Å². The molecule has 0 amide bonds. The van der Waals surface area contributed by atoms with Crippen LogP contribution in [0.4, 0.5) is 5.69 Å². The summed E-state index contributed by atoms with van der Waals surface area (Å²) in [6.07, 6.45) is 4.25. The number of rotatable bonds is 4. The minimum atomic E-state index is -3.48. The Hall–Kier alpha value is -1.27. The summed E-state index contributed by atoms with van der Waals surface area (Å²) in [6.45, 7) is 4.52. The lowest BCUT2D eigenvalue weighted by Gasteiger charge is -2.34. The van der Waals surface area contributed by atoms with Gasteiger partial charge in [-0.1, -0.05) is 13.8 Å². The molecule has 0 bridgehead atoms. The van der Waals surface area contributed by atoms with Gasteiger partial charge in [0.25, 0.3) is 0 Å². The highest BCUT2D eigenvalue weighted by atomic mass is 32.2. The summed E-state index contributed by atoms with van der Waals surface area (Å²) < 4.78 is 31.9. The van der Waals surface area contributed by atoms with Crippen LogP contribution in [0.2, 0.25) is 0 Å². The lowest BCUT2D eigenvalue weighted by molar-refractivity contribution is 0.0992. The van der Waals surface area contributed by atoms with E-state index < -0.39 is 10.0 Å². The van der Waals surface area contributed by atoms with Crippen molar-refractivity contribution in [2.24, 2.45) is 5.41 Å². The molecule has 0 saturated heterocycles. The molecule has 0 aliphatic heterocycles. The van der Waals surface area contributed by atoms with Gasteiger partial charge in [-0.25, -0.2) is 13.1 Å². The molecule has 2 rings (SSSR count). The summed E-state index contributed by atoms with van der Waals surface area (Å²) in [5.41, 5.74) is 6.74. The van der Waals surface area contributed by atoms with Gasteiger partial charge in [0.15, 0.2) is 0 Å². The van der Waals surface area contributed by atoms with Crippen molar-refractivity contribution in [1.29, 1.82) is 0 Å². The second-order valence-electron chi connectivity index (χ2n) is 6.39. The first kappa shape index (κ1) is 16.1. The van der Waals surface area contributed by atoms with Crippen LogP contribution in [0.3, 0.4) is 0 Å².